The number of hydrogen-bond donors (Lipinski definition) is 10. The first-order valence-electron chi connectivity index (χ1n) is 7.15. The van der Waals surface area contributed by atoms with Gasteiger partial charge in [-0.25, -0.2) is 0 Å². The van der Waals surface area contributed by atoms with Crippen molar-refractivity contribution in [2.45, 2.75) is 48.8 Å². The number of aliphatic hydroxyl groups is 10. The molecule has 14 heteroatoms. The molecule has 0 aromatic rings. The molecule has 0 heterocycles. The molecule has 0 saturated carbocycles. The van der Waals surface area contributed by atoms with Crippen molar-refractivity contribution in [1.82, 2.24) is 0 Å². The van der Waals surface area contributed by atoms with Gasteiger partial charge in [-0.05, 0) is 0 Å². The highest BCUT2D eigenvalue weighted by atomic mass is 16.4. The lowest BCUT2D eigenvalue weighted by Gasteiger charge is -2.24. The van der Waals surface area contributed by atoms with Crippen LogP contribution in [0.15, 0.2) is 10.2 Å². The lowest BCUT2D eigenvalue weighted by atomic mass is 10.0. The minimum absolute atomic E-state index is 0.995. The molecule has 0 fully saturated rings. The van der Waals surface area contributed by atoms with Crippen LogP contribution >= 0.6 is 0 Å². The second kappa shape index (κ2) is 11.3. The highest BCUT2D eigenvalue weighted by Gasteiger charge is 2.36. The standard InChI is InChI=1S/C12H22N2O12/c15-1-3(17)5(19)7(21)9(23)11(25)13-14-12(26)10(24)8(22)6(20)4(18)2-16/h3-10,15-24H,1-2H2/t3-,4-,5-,6-,7+,8+,9-,10-/m1/s1. The summed E-state index contributed by atoms with van der Waals surface area (Å²) in [6.45, 7) is -1.99. The van der Waals surface area contributed by atoms with Crippen LogP contribution in [0.1, 0.15) is 0 Å². The molecule has 26 heavy (non-hydrogen) atoms. The summed E-state index contributed by atoms with van der Waals surface area (Å²) in [5.41, 5.74) is 0. The maximum Gasteiger partial charge on any atom is 0.295 e. The number of amides is 2. The zero-order valence-corrected chi connectivity index (χ0v) is 13.2. The fraction of sp³-hybridized carbons (Fsp3) is 0.833. The number of hydrogen-bond acceptors (Lipinski definition) is 12. The molecule has 0 saturated heterocycles. The van der Waals surface area contributed by atoms with Gasteiger partial charge < -0.3 is 51.1 Å². The molecule has 0 aromatic carbocycles. The van der Waals surface area contributed by atoms with Crippen LogP contribution < -0.4 is 0 Å². The van der Waals surface area contributed by atoms with Gasteiger partial charge in [-0.2, -0.15) is 0 Å². The molecule has 0 aromatic heterocycles. The Morgan fingerprint density at radius 2 is 0.846 bits per heavy atom. The Morgan fingerprint density at radius 1 is 0.577 bits per heavy atom. The predicted octanol–water partition coefficient (Wildman–Crippen LogP) is -6.64. The number of carbonyl (C=O) groups is 2. The number of carbonyl (C=O) groups excluding carboxylic acids is 2. The normalized spacial score (nSPS) is 21.5. The topological polar surface area (TPSA) is 261 Å². The summed E-state index contributed by atoms with van der Waals surface area (Å²) in [7, 11) is 0. The third-order valence-electron chi connectivity index (χ3n) is 3.26. The summed E-state index contributed by atoms with van der Waals surface area (Å²) in [4.78, 5) is 22.9. The van der Waals surface area contributed by atoms with Gasteiger partial charge in [-0.1, -0.05) is 0 Å². The van der Waals surface area contributed by atoms with Crippen molar-refractivity contribution in [2.24, 2.45) is 10.2 Å². The summed E-state index contributed by atoms with van der Waals surface area (Å²) in [6, 6.07) is 0. The number of nitrogens with zero attached hydrogens (tertiary/aromatic N) is 2. The Kier molecular flexibility index (Phi) is 10.7. The Bertz CT molecular complexity index is 447. The van der Waals surface area contributed by atoms with E-state index in [1.54, 1.807) is 0 Å². The van der Waals surface area contributed by atoms with E-state index in [0.717, 1.165) is 0 Å². The fourth-order valence-electron chi connectivity index (χ4n) is 1.55. The molecule has 14 nitrogen and oxygen atoms in total. The third kappa shape index (κ3) is 6.69. The Morgan fingerprint density at radius 3 is 1.08 bits per heavy atom. The Labute approximate surface area is 145 Å². The number of aliphatic hydroxyl groups excluding tert-OH is 10. The molecule has 2 amide bonds. The molecule has 0 aliphatic carbocycles. The minimum Gasteiger partial charge on any atom is -0.394 e. The average molecular weight is 386 g/mol. The Hall–Kier alpha value is -1.46. The molecular formula is C12H22N2O12. The van der Waals surface area contributed by atoms with Crippen LogP contribution in [0.5, 0.6) is 0 Å². The second-order valence-electron chi connectivity index (χ2n) is 5.23. The van der Waals surface area contributed by atoms with Gasteiger partial charge in [-0.3, -0.25) is 9.59 Å². The van der Waals surface area contributed by atoms with E-state index in [1.165, 1.54) is 0 Å². The van der Waals surface area contributed by atoms with Crippen LogP contribution in [-0.2, 0) is 9.59 Å². The van der Waals surface area contributed by atoms with E-state index < -0.39 is 73.9 Å². The van der Waals surface area contributed by atoms with Gasteiger partial charge in [-0.15, -0.1) is 10.2 Å². The van der Waals surface area contributed by atoms with Crippen LogP contribution in [0.25, 0.3) is 0 Å². The van der Waals surface area contributed by atoms with Crippen molar-refractivity contribution >= 4 is 11.8 Å². The van der Waals surface area contributed by atoms with Gasteiger partial charge >= 0.3 is 0 Å². The first-order valence-corrected chi connectivity index (χ1v) is 7.15. The summed E-state index contributed by atoms with van der Waals surface area (Å²) >= 11 is 0. The summed E-state index contributed by atoms with van der Waals surface area (Å²) in [5, 5.41) is 97.0. The summed E-state index contributed by atoms with van der Waals surface area (Å²) in [6.07, 6.45) is -17.5. The zero-order chi connectivity index (χ0) is 20.6. The second-order valence-corrected chi connectivity index (χ2v) is 5.23. The maximum absolute atomic E-state index is 11.4. The van der Waals surface area contributed by atoms with E-state index in [1.807, 2.05) is 0 Å². The summed E-state index contributed by atoms with van der Waals surface area (Å²) in [5.74, 6) is -3.35. The molecular weight excluding hydrogens is 364 g/mol. The Balaban J connectivity index is 4.87. The van der Waals surface area contributed by atoms with Crippen molar-refractivity contribution in [2.75, 3.05) is 13.2 Å². The first-order chi connectivity index (χ1) is 12.0. The van der Waals surface area contributed by atoms with Gasteiger partial charge in [0, 0.05) is 0 Å². The quantitative estimate of drug-likeness (QED) is 0.157. The number of azo groups is 1. The largest absolute Gasteiger partial charge is 0.394 e. The molecule has 8 atom stereocenters. The van der Waals surface area contributed by atoms with Crippen molar-refractivity contribution in [1.29, 1.82) is 0 Å². The third-order valence-corrected chi connectivity index (χ3v) is 3.26. The van der Waals surface area contributed by atoms with Gasteiger partial charge in [0.2, 0.25) is 0 Å². The minimum atomic E-state index is -2.45. The molecule has 0 aliphatic heterocycles. The monoisotopic (exact) mass is 386 g/mol. The molecule has 0 rings (SSSR count). The molecule has 0 aliphatic rings. The van der Waals surface area contributed by atoms with Crippen LogP contribution in [0.2, 0.25) is 0 Å². The molecule has 0 spiro atoms. The van der Waals surface area contributed by atoms with Crippen LogP contribution in [-0.4, -0.2) is 125 Å². The van der Waals surface area contributed by atoms with Crippen molar-refractivity contribution in [3.63, 3.8) is 0 Å². The molecule has 10 N–H and O–H groups in total. The van der Waals surface area contributed by atoms with E-state index in [4.69, 9.17) is 20.4 Å². The molecule has 0 unspecified atom stereocenters. The average Bonchev–Trinajstić information content (AvgIpc) is 2.66. The van der Waals surface area contributed by atoms with Crippen LogP contribution in [0, 0.1) is 0 Å². The van der Waals surface area contributed by atoms with Crippen molar-refractivity contribution in [3.8, 4) is 0 Å². The highest BCUT2D eigenvalue weighted by Crippen LogP contribution is 2.09. The predicted molar refractivity (Wildman–Crippen MR) is 77.1 cm³/mol. The molecule has 152 valence electrons. The van der Waals surface area contributed by atoms with E-state index in [2.05, 4.69) is 10.2 Å². The van der Waals surface area contributed by atoms with Gasteiger partial charge in [0.1, 0.15) is 36.6 Å². The van der Waals surface area contributed by atoms with Gasteiger partial charge in [0.25, 0.3) is 11.8 Å². The van der Waals surface area contributed by atoms with Gasteiger partial charge in [0.05, 0.1) is 13.2 Å². The van der Waals surface area contributed by atoms with E-state index in [-0.39, 0.29) is 0 Å². The highest BCUT2D eigenvalue weighted by molar-refractivity contribution is 5.86. The fourth-order valence-corrected chi connectivity index (χ4v) is 1.55. The van der Waals surface area contributed by atoms with Crippen LogP contribution in [0.4, 0.5) is 0 Å². The van der Waals surface area contributed by atoms with Gasteiger partial charge in [0.15, 0.2) is 12.2 Å². The van der Waals surface area contributed by atoms with E-state index in [9.17, 15) is 40.2 Å². The smallest absolute Gasteiger partial charge is 0.295 e. The first kappa shape index (κ1) is 24.5. The maximum atomic E-state index is 11.4. The lowest BCUT2D eigenvalue weighted by Crippen LogP contribution is -2.48. The SMILES string of the molecule is O=C(N=NC(=O)[C@H](O)[C@@H](O)[C@H](O)[C@H](O)CO)[C@H](O)[C@@H](O)[C@H](O)[C@H](O)CO. The van der Waals surface area contributed by atoms with E-state index in [0.29, 0.717) is 0 Å². The van der Waals surface area contributed by atoms with Crippen molar-refractivity contribution in [3.05, 3.63) is 0 Å². The molecule has 0 radical (unpaired) electrons. The van der Waals surface area contributed by atoms with E-state index >= 15 is 0 Å². The van der Waals surface area contributed by atoms with Crippen LogP contribution in [0.3, 0.4) is 0 Å². The zero-order valence-electron chi connectivity index (χ0n) is 13.2. The summed E-state index contributed by atoms with van der Waals surface area (Å²) < 4.78 is 0. The number of rotatable bonds is 10. The molecule has 0 bridgehead atoms. The van der Waals surface area contributed by atoms with Crippen molar-refractivity contribution < 1.29 is 60.7 Å². The lowest BCUT2D eigenvalue weighted by molar-refractivity contribution is -0.149.